The predicted molar refractivity (Wildman–Crippen MR) is 65.3 cm³/mol. The number of carbonyl (C=O) groups is 2. The Balaban J connectivity index is 2.53. The van der Waals surface area contributed by atoms with Gasteiger partial charge in [0.25, 0.3) is 0 Å². The van der Waals surface area contributed by atoms with Crippen molar-refractivity contribution in [3.63, 3.8) is 0 Å². The number of hydrogen-bond acceptors (Lipinski definition) is 4. The number of nitrogens with zero attached hydrogens (tertiary/aromatic N) is 1. The summed E-state index contributed by atoms with van der Waals surface area (Å²) in [7, 11) is 0. The summed E-state index contributed by atoms with van der Waals surface area (Å²) in [5.41, 5.74) is 5.37. The Bertz CT molecular complexity index is 275. The summed E-state index contributed by atoms with van der Waals surface area (Å²) in [6, 6.07) is -0.408. The second kappa shape index (κ2) is 6.56. The van der Waals surface area contributed by atoms with Crippen molar-refractivity contribution in [2.45, 2.75) is 32.4 Å². The molecule has 1 atom stereocenters. The molecule has 0 saturated carbocycles. The fourth-order valence-electron chi connectivity index (χ4n) is 1.96. The molecule has 1 fully saturated rings. The first-order chi connectivity index (χ1) is 8.00. The van der Waals surface area contributed by atoms with E-state index in [-0.39, 0.29) is 18.4 Å². The van der Waals surface area contributed by atoms with Gasteiger partial charge in [0.15, 0.2) is 0 Å². The number of amides is 2. The lowest BCUT2D eigenvalue weighted by atomic mass is 10.1. The third-order valence-electron chi connectivity index (χ3n) is 2.75. The van der Waals surface area contributed by atoms with Crippen molar-refractivity contribution in [2.24, 2.45) is 5.73 Å². The van der Waals surface area contributed by atoms with E-state index >= 15 is 0 Å². The largest absolute Gasteiger partial charge is 0.368 e. The zero-order valence-corrected chi connectivity index (χ0v) is 10.5. The predicted octanol–water partition coefficient (Wildman–Crippen LogP) is -1.34. The third kappa shape index (κ3) is 4.70. The van der Waals surface area contributed by atoms with Crippen LogP contribution in [-0.4, -0.2) is 55.0 Å². The maximum atomic E-state index is 11.6. The van der Waals surface area contributed by atoms with E-state index in [0.29, 0.717) is 0 Å². The van der Waals surface area contributed by atoms with Gasteiger partial charge in [-0.3, -0.25) is 14.5 Å². The molecule has 17 heavy (non-hydrogen) atoms. The Morgan fingerprint density at radius 2 is 1.94 bits per heavy atom. The van der Waals surface area contributed by atoms with E-state index in [1.807, 2.05) is 18.7 Å². The van der Waals surface area contributed by atoms with Crippen LogP contribution in [0.25, 0.3) is 0 Å². The number of rotatable bonds is 5. The fourth-order valence-corrected chi connectivity index (χ4v) is 1.96. The van der Waals surface area contributed by atoms with Gasteiger partial charge in [0, 0.05) is 32.2 Å². The van der Waals surface area contributed by atoms with Crippen molar-refractivity contribution in [3.8, 4) is 0 Å². The third-order valence-corrected chi connectivity index (χ3v) is 2.75. The van der Waals surface area contributed by atoms with Gasteiger partial charge in [-0.25, -0.2) is 0 Å². The fraction of sp³-hybridized carbons (Fsp3) is 0.818. The Morgan fingerprint density at radius 3 is 2.41 bits per heavy atom. The van der Waals surface area contributed by atoms with Crippen LogP contribution in [0.4, 0.5) is 0 Å². The van der Waals surface area contributed by atoms with E-state index in [1.165, 1.54) is 0 Å². The number of nitrogens with two attached hydrogens (primary N) is 1. The average Bonchev–Trinajstić information content (AvgIpc) is 2.25. The molecule has 98 valence electrons. The Labute approximate surface area is 102 Å². The molecule has 0 aromatic carbocycles. The maximum absolute atomic E-state index is 11.6. The van der Waals surface area contributed by atoms with Crippen molar-refractivity contribution in [1.82, 2.24) is 15.5 Å². The summed E-state index contributed by atoms with van der Waals surface area (Å²) >= 11 is 0. The SMILES string of the molecule is CC(C)NC(=O)CC(C(N)=O)N1CCNCC1. The van der Waals surface area contributed by atoms with Crippen LogP contribution in [0.2, 0.25) is 0 Å². The van der Waals surface area contributed by atoms with E-state index < -0.39 is 11.9 Å². The minimum atomic E-state index is -0.490. The zero-order valence-electron chi connectivity index (χ0n) is 10.5. The Hall–Kier alpha value is -1.14. The summed E-state index contributed by atoms with van der Waals surface area (Å²) in [5, 5.41) is 5.98. The molecule has 6 nitrogen and oxygen atoms in total. The molecule has 1 saturated heterocycles. The first-order valence-corrected chi connectivity index (χ1v) is 6.04. The first kappa shape index (κ1) is 13.9. The van der Waals surface area contributed by atoms with Gasteiger partial charge in [-0.15, -0.1) is 0 Å². The number of piperazine rings is 1. The quantitative estimate of drug-likeness (QED) is 0.557. The minimum absolute atomic E-state index is 0.0825. The van der Waals surface area contributed by atoms with Gasteiger partial charge < -0.3 is 16.4 Å². The van der Waals surface area contributed by atoms with Gasteiger partial charge in [-0.1, -0.05) is 0 Å². The van der Waals surface area contributed by atoms with Crippen molar-refractivity contribution in [2.75, 3.05) is 26.2 Å². The smallest absolute Gasteiger partial charge is 0.235 e. The summed E-state index contributed by atoms with van der Waals surface area (Å²) in [4.78, 5) is 25.0. The Morgan fingerprint density at radius 1 is 1.35 bits per heavy atom. The van der Waals surface area contributed by atoms with E-state index in [2.05, 4.69) is 10.6 Å². The molecule has 1 rings (SSSR count). The standard InChI is InChI=1S/C11H22N4O2/c1-8(2)14-10(16)7-9(11(12)17)15-5-3-13-4-6-15/h8-9,13H,3-7H2,1-2H3,(H2,12,17)(H,14,16). The summed E-state index contributed by atoms with van der Waals surface area (Å²) in [6.45, 7) is 6.94. The first-order valence-electron chi connectivity index (χ1n) is 6.04. The molecule has 0 aromatic rings. The van der Waals surface area contributed by atoms with Crippen LogP contribution in [-0.2, 0) is 9.59 Å². The van der Waals surface area contributed by atoms with Crippen molar-refractivity contribution >= 4 is 11.8 Å². The van der Waals surface area contributed by atoms with Gasteiger partial charge >= 0.3 is 0 Å². The molecule has 0 radical (unpaired) electrons. The van der Waals surface area contributed by atoms with Gasteiger partial charge in [-0.2, -0.15) is 0 Å². The molecule has 1 heterocycles. The number of nitrogens with one attached hydrogen (secondary N) is 2. The highest BCUT2D eigenvalue weighted by atomic mass is 16.2. The lowest BCUT2D eigenvalue weighted by Gasteiger charge is -2.32. The normalized spacial score (nSPS) is 19.0. The van der Waals surface area contributed by atoms with Crippen molar-refractivity contribution in [3.05, 3.63) is 0 Å². The lowest BCUT2D eigenvalue weighted by Crippen LogP contribution is -2.54. The molecule has 1 unspecified atom stereocenters. The molecule has 0 bridgehead atoms. The average molecular weight is 242 g/mol. The molecule has 1 aliphatic heterocycles. The molecule has 2 amide bonds. The molecule has 0 aliphatic carbocycles. The van der Waals surface area contributed by atoms with E-state index in [1.54, 1.807) is 0 Å². The molecule has 6 heteroatoms. The molecule has 0 aromatic heterocycles. The van der Waals surface area contributed by atoms with Crippen LogP contribution in [0.1, 0.15) is 20.3 Å². The van der Waals surface area contributed by atoms with Crippen LogP contribution in [0.3, 0.4) is 0 Å². The van der Waals surface area contributed by atoms with Crippen LogP contribution in [0.5, 0.6) is 0 Å². The van der Waals surface area contributed by atoms with Crippen LogP contribution in [0.15, 0.2) is 0 Å². The molecule has 0 spiro atoms. The van der Waals surface area contributed by atoms with Crippen molar-refractivity contribution in [1.29, 1.82) is 0 Å². The Kier molecular flexibility index (Phi) is 5.37. The highest BCUT2D eigenvalue weighted by molar-refractivity contribution is 5.87. The van der Waals surface area contributed by atoms with E-state index in [9.17, 15) is 9.59 Å². The molecular weight excluding hydrogens is 220 g/mol. The van der Waals surface area contributed by atoms with Crippen LogP contribution >= 0.6 is 0 Å². The second-order valence-electron chi connectivity index (χ2n) is 4.63. The molecule has 1 aliphatic rings. The number of hydrogen-bond donors (Lipinski definition) is 3. The summed E-state index contributed by atoms with van der Waals surface area (Å²) in [5.74, 6) is -0.548. The van der Waals surface area contributed by atoms with Crippen molar-refractivity contribution < 1.29 is 9.59 Å². The molecule has 4 N–H and O–H groups in total. The highest BCUT2D eigenvalue weighted by Crippen LogP contribution is 2.06. The highest BCUT2D eigenvalue weighted by Gasteiger charge is 2.27. The van der Waals surface area contributed by atoms with Gasteiger partial charge in [0.1, 0.15) is 0 Å². The number of carbonyl (C=O) groups excluding carboxylic acids is 2. The molecular formula is C11H22N4O2. The summed E-state index contributed by atoms with van der Waals surface area (Å²) in [6.07, 6.45) is 0.146. The monoisotopic (exact) mass is 242 g/mol. The van der Waals surface area contributed by atoms with E-state index in [4.69, 9.17) is 5.73 Å². The van der Waals surface area contributed by atoms with Crippen LogP contribution in [0, 0.1) is 0 Å². The zero-order chi connectivity index (χ0) is 12.8. The minimum Gasteiger partial charge on any atom is -0.368 e. The van der Waals surface area contributed by atoms with Crippen LogP contribution < -0.4 is 16.4 Å². The number of primary amides is 1. The lowest BCUT2D eigenvalue weighted by molar-refractivity contribution is -0.130. The van der Waals surface area contributed by atoms with Gasteiger partial charge in [-0.05, 0) is 13.8 Å². The second-order valence-corrected chi connectivity index (χ2v) is 4.63. The van der Waals surface area contributed by atoms with Gasteiger partial charge in [0.2, 0.25) is 11.8 Å². The summed E-state index contributed by atoms with van der Waals surface area (Å²) < 4.78 is 0. The topological polar surface area (TPSA) is 87.5 Å². The maximum Gasteiger partial charge on any atom is 0.235 e. The van der Waals surface area contributed by atoms with Gasteiger partial charge in [0.05, 0.1) is 12.5 Å². The van der Waals surface area contributed by atoms with E-state index in [0.717, 1.165) is 26.2 Å².